The van der Waals surface area contributed by atoms with Crippen molar-refractivity contribution in [2.45, 2.75) is 33.1 Å². The van der Waals surface area contributed by atoms with Crippen molar-refractivity contribution in [2.75, 3.05) is 16.5 Å². The smallest absolute Gasteiger partial charge is 0.261 e. The summed E-state index contributed by atoms with van der Waals surface area (Å²) < 4.78 is 14.2. The molecule has 2 heterocycles. The van der Waals surface area contributed by atoms with Gasteiger partial charge in [-0.15, -0.1) is 0 Å². The van der Waals surface area contributed by atoms with Crippen LogP contribution < -0.4 is 15.4 Å². The molecule has 1 aliphatic rings. The second-order valence-electron chi connectivity index (χ2n) is 8.71. The predicted octanol–water partition coefficient (Wildman–Crippen LogP) is 5.53. The summed E-state index contributed by atoms with van der Waals surface area (Å²) >= 11 is 6.22. The van der Waals surface area contributed by atoms with Crippen molar-refractivity contribution in [3.05, 3.63) is 86.5 Å². The van der Waals surface area contributed by atoms with Gasteiger partial charge in [-0.25, -0.2) is 4.39 Å². The minimum atomic E-state index is -0.329. The van der Waals surface area contributed by atoms with Crippen LogP contribution in [0.25, 0.3) is 0 Å². The lowest BCUT2D eigenvalue weighted by Crippen LogP contribution is -2.46. The molecular weight excluding hydrogens is 417 g/mol. The zero-order valence-electron chi connectivity index (χ0n) is 17.8. The molecule has 0 saturated heterocycles. The van der Waals surface area contributed by atoms with Gasteiger partial charge in [0.2, 0.25) is 5.56 Å². The number of carbonyl (C=O) groups is 1. The van der Waals surface area contributed by atoms with Crippen LogP contribution in [-0.4, -0.2) is 17.6 Å². The molecule has 0 fully saturated rings. The number of H-pyrrole nitrogens is 1. The van der Waals surface area contributed by atoms with Crippen molar-refractivity contribution >= 4 is 34.6 Å². The zero-order chi connectivity index (χ0) is 22.5. The predicted molar refractivity (Wildman–Crippen MR) is 122 cm³/mol. The van der Waals surface area contributed by atoms with Gasteiger partial charge in [0.1, 0.15) is 12.5 Å². The number of pyridine rings is 1. The molecule has 1 amide bonds. The molecule has 0 unspecified atom stereocenters. The van der Waals surface area contributed by atoms with Gasteiger partial charge in [0, 0.05) is 22.5 Å². The van der Waals surface area contributed by atoms with Gasteiger partial charge in [0.05, 0.1) is 16.9 Å². The van der Waals surface area contributed by atoms with E-state index in [1.54, 1.807) is 36.1 Å². The van der Waals surface area contributed by atoms with Gasteiger partial charge in [-0.2, -0.15) is 0 Å². The molecule has 2 aromatic carbocycles. The molecule has 160 valence electrons. The third-order valence-electron chi connectivity index (χ3n) is 5.44. The fourth-order valence-corrected chi connectivity index (χ4v) is 4.11. The summed E-state index contributed by atoms with van der Waals surface area (Å²) in [5.74, 6) is -0.533. The van der Waals surface area contributed by atoms with Crippen molar-refractivity contribution in [2.24, 2.45) is 0 Å². The van der Waals surface area contributed by atoms with Crippen molar-refractivity contribution in [1.29, 1.82) is 0 Å². The number of benzene rings is 2. The van der Waals surface area contributed by atoms with E-state index in [9.17, 15) is 14.0 Å². The first-order chi connectivity index (χ1) is 14.6. The quantitative estimate of drug-likeness (QED) is 0.571. The van der Waals surface area contributed by atoms with Gasteiger partial charge in [-0.1, -0.05) is 32.4 Å². The molecule has 1 aromatic heterocycles. The van der Waals surface area contributed by atoms with Crippen LogP contribution in [0.1, 0.15) is 42.4 Å². The Hall–Kier alpha value is -3.12. The number of nitrogens with zero attached hydrogens (tertiary/aromatic N) is 2. The van der Waals surface area contributed by atoms with Crippen LogP contribution in [0.15, 0.2) is 53.3 Å². The zero-order valence-corrected chi connectivity index (χ0v) is 18.5. The van der Waals surface area contributed by atoms with E-state index in [2.05, 4.69) is 4.98 Å². The van der Waals surface area contributed by atoms with Crippen LogP contribution in [-0.2, 0) is 5.41 Å². The van der Waals surface area contributed by atoms with Crippen LogP contribution in [0.3, 0.4) is 0 Å². The number of rotatable bonds is 2. The highest BCUT2D eigenvalue weighted by Gasteiger charge is 2.34. The van der Waals surface area contributed by atoms with E-state index in [4.69, 9.17) is 11.6 Å². The standard InChI is InChI=1S/C24H23ClFN3O2/c1-14-19(9-10-22(30)27-14)29-13-28(20-7-5-15(25)11-17(20)23(29)31)21-8-6-16(26)12-18(21)24(2,3)4/h5-12H,13H2,1-4H3,(H,27,30). The first-order valence-corrected chi connectivity index (χ1v) is 10.3. The number of aryl methyl sites for hydroxylation is 1. The molecule has 0 aliphatic carbocycles. The Bertz CT molecular complexity index is 1250. The van der Waals surface area contributed by atoms with Crippen LogP contribution in [0.5, 0.6) is 0 Å². The third-order valence-corrected chi connectivity index (χ3v) is 5.68. The van der Waals surface area contributed by atoms with E-state index in [0.29, 0.717) is 27.7 Å². The van der Waals surface area contributed by atoms with Gasteiger partial charge in [-0.05, 0) is 60.4 Å². The monoisotopic (exact) mass is 439 g/mol. The van der Waals surface area contributed by atoms with E-state index < -0.39 is 0 Å². The molecule has 31 heavy (non-hydrogen) atoms. The van der Waals surface area contributed by atoms with Crippen molar-refractivity contribution in [1.82, 2.24) is 4.98 Å². The minimum Gasteiger partial charge on any atom is -0.324 e. The van der Waals surface area contributed by atoms with Crippen molar-refractivity contribution in [3.8, 4) is 0 Å². The van der Waals surface area contributed by atoms with E-state index >= 15 is 0 Å². The number of halogens is 2. The largest absolute Gasteiger partial charge is 0.324 e. The molecule has 1 N–H and O–H groups in total. The number of hydrogen-bond acceptors (Lipinski definition) is 3. The molecular formula is C24H23ClFN3O2. The average molecular weight is 440 g/mol. The van der Waals surface area contributed by atoms with E-state index in [0.717, 1.165) is 11.3 Å². The molecule has 7 heteroatoms. The number of anilines is 3. The molecule has 1 aliphatic heterocycles. The highest BCUT2D eigenvalue weighted by atomic mass is 35.5. The topological polar surface area (TPSA) is 56.4 Å². The van der Waals surface area contributed by atoms with Gasteiger partial charge in [-0.3, -0.25) is 14.5 Å². The maximum Gasteiger partial charge on any atom is 0.261 e. The Balaban J connectivity index is 1.94. The van der Waals surface area contributed by atoms with Crippen molar-refractivity contribution < 1.29 is 9.18 Å². The van der Waals surface area contributed by atoms with Crippen LogP contribution in [0.2, 0.25) is 5.02 Å². The molecule has 4 rings (SSSR count). The number of nitrogens with one attached hydrogen (secondary N) is 1. The maximum atomic E-state index is 14.2. The Kier molecular flexibility index (Phi) is 5.13. The number of amides is 1. The van der Waals surface area contributed by atoms with Crippen molar-refractivity contribution in [3.63, 3.8) is 0 Å². The molecule has 0 saturated carbocycles. The van der Waals surface area contributed by atoms with Crippen LogP contribution in [0, 0.1) is 12.7 Å². The summed E-state index contributed by atoms with van der Waals surface area (Å²) in [4.78, 5) is 31.4. The first-order valence-electron chi connectivity index (χ1n) is 9.95. The number of hydrogen-bond donors (Lipinski definition) is 1. The van der Waals surface area contributed by atoms with Gasteiger partial charge >= 0.3 is 0 Å². The number of aromatic nitrogens is 1. The molecule has 0 radical (unpaired) electrons. The highest BCUT2D eigenvalue weighted by molar-refractivity contribution is 6.31. The summed E-state index contributed by atoms with van der Waals surface area (Å²) in [5, 5.41) is 0.447. The Labute approximate surface area is 185 Å². The average Bonchev–Trinajstić information content (AvgIpc) is 2.69. The van der Waals surface area contributed by atoms with Gasteiger partial charge < -0.3 is 9.88 Å². The third kappa shape index (κ3) is 3.83. The van der Waals surface area contributed by atoms with E-state index in [-0.39, 0.29) is 29.4 Å². The number of aromatic amines is 1. The van der Waals surface area contributed by atoms with Crippen LogP contribution >= 0.6 is 11.6 Å². The lowest BCUT2D eigenvalue weighted by atomic mass is 9.85. The minimum absolute atomic E-state index is 0.203. The summed E-state index contributed by atoms with van der Waals surface area (Å²) in [6.45, 7) is 8.02. The Morgan fingerprint density at radius 3 is 2.29 bits per heavy atom. The van der Waals surface area contributed by atoms with Crippen LogP contribution in [0.4, 0.5) is 21.5 Å². The highest BCUT2D eigenvalue weighted by Crippen LogP contribution is 2.41. The van der Waals surface area contributed by atoms with E-state index in [1.165, 1.54) is 18.2 Å². The fraction of sp³-hybridized carbons (Fsp3) is 0.250. The summed E-state index contributed by atoms with van der Waals surface area (Å²) in [7, 11) is 0. The molecule has 0 spiro atoms. The second kappa shape index (κ2) is 7.54. The SMILES string of the molecule is Cc1[nH]c(=O)ccc1N1CN(c2ccc(F)cc2C(C)(C)C)c2ccc(Cl)cc2C1=O. The molecule has 3 aromatic rings. The lowest BCUT2D eigenvalue weighted by molar-refractivity contribution is 0.0983. The normalized spacial score (nSPS) is 14.1. The Morgan fingerprint density at radius 1 is 0.935 bits per heavy atom. The molecule has 5 nitrogen and oxygen atoms in total. The van der Waals surface area contributed by atoms with Gasteiger partial charge in [0.15, 0.2) is 0 Å². The molecule has 0 atom stereocenters. The number of fused-ring (bicyclic) bond motifs is 1. The number of carbonyl (C=O) groups excluding carboxylic acids is 1. The first kappa shape index (κ1) is 21.1. The fourth-order valence-electron chi connectivity index (χ4n) is 3.94. The molecule has 0 bridgehead atoms. The summed E-state index contributed by atoms with van der Waals surface area (Å²) in [6, 6.07) is 12.9. The Morgan fingerprint density at radius 2 is 1.61 bits per heavy atom. The second-order valence-corrected chi connectivity index (χ2v) is 9.14. The van der Waals surface area contributed by atoms with Gasteiger partial charge in [0.25, 0.3) is 5.91 Å². The summed E-state index contributed by atoms with van der Waals surface area (Å²) in [5.41, 5.74) is 3.38. The maximum absolute atomic E-state index is 14.2. The van der Waals surface area contributed by atoms with E-state index in [1.807, 2.05) is 31.7 Å². The lowest BCUT2D eigenvalue weighted by Gasteiger charge is -2.40. The summed E-state index contributed by atoms with van der Waals surface area (Å²) in [6.07, 6.45) is 0.